The molecule has 1 fully saturated rings. The zero-order chi connectivity index (χ0) is 19.7. The fourth-order valence-corrected chi connectivity index (χ4v) is 3.37. The van der Waals surface area contributed by atoms with Gasteiger partial charge in [0.15, 0.2) is 0 Å². The molecule has 2 heterocycles. The molecular weight excluding hydrogens is 382 g/mol. The molecule has 0 saturated carbocycles. The normalized spacial score (nSPS) is 15.0. The van der Waals surface area contributed by atoms with Crippen molar-refractivity contribution in [3.8, 4) is 22.9 Å². The summed E-state index contributed by atoms with van der Waals surface area (Å²) >= 11 is 5.96. The Morgan fingerprint density at radius 1 is 1.00 bits per heavy atom. The van der Waals surface area contributed by atoms with Crippen LogP contribution in [0.2, 0.25) is 5.02 Å². The number of hydrogen-bond donors (Lipinski definition) is 0. The number of benzene rings is 2. The second-order valence-corrected chi connectivity index (χ2v) is 7.08. The topological polar surface area (TPSA) is 88.5 Å². The average Bonchev–Trinajstić information content (AvgIpc) is 3.18. The summed E-state index contributed by atoms with van der Waals surface area (Å²) in [7, 11) is 2.13. The molecule has 0 bridgehead atoms. The Morgan fingerprint density at radius 2 is 1.61 bits per heavy atom. The number of piperazine rings is 1. The minimum absolute atomic E-state index is 0.0266. The highest BCUT2D eigenvalue weighted by atomic mass is 35.5. The number of hydrogen-bond acceptors (Lipinski definition) is 7. The summed E-state index contributed by atoms with van der Waals surface area (Å²) in [5.74, 6) is 0.643. The first kappa shape index (κ1) is 18.4. The molecule has 1 saturated heterocycles. The second kappa shape index (κ2) is 7.57. The van der Waals surface area contributed by atoms with Crippen LogP contribution in [-0.2, 0) is 0 Å². The van der Waals surface area contributed by atoms with Crippen molar-refractivity contribution in [3.63, 3.8) is 0 Å². The number of halogens is 1. The van der Waals surface area contributed by atoms with Gasteiger partial charge in [0.1, 0.15) is 5.02 Å². The maximum absolute atomic E-state index is 10.9. The Bertz CT molecular complexity index is 997. The molecule has 0 N–H and O–H groups in total. The van der Waals surface area contributed by atoms with Gasteiger partial charge in [-0.15, -0.1) is 10.2 Å². The first-order chi connectivity index (χ1) is 13.5. The van der Waals surface area contributed by atoms with Gasteiger partial charge in [0.05, 0.1) is 4.92 Å². The summed E-state index contributed by atoms with van der Waals surface area (Å²) in [6, 6.07) is 12.3. The third-order valence-electron chi connectivity index (χ3n) is 4.80. The Hall–Kier alpha value is -2.97. The third-order valence-corrected chi connectivity index (χ3v) is 5.10. The minimum Gasteiger partial charge on any atom is -0.416 e. The van der Waals surface area contributed by atoms with Gasteiger partial charge in [0.25, 0.3) is 5.69 Å². The van der Waals surface area contributed by atoms with Crippen LogP contribution in [0, 0.1) is 10.1 Å². The molecule has 28 heavy (non-hydrogen) atoms. The highest BCUT2D eigenvalue weighted by Crippen LogP contribution is 2.31. The monoisotopic (exact) mass is 399 g/mol. The lowest BCUT2D eigenvalue weighted by Crippen LogP contribution is -2.44. The Morgan fingerprint density at radius 3 is 2.21 bits per heavy atom. The highest BCUT2D eigenvalue weighted by Gasteiger charge is 2.17. The van der Waals surface area contributed by atoms with Crippen LogP contribution in [0.15, 0.2) is 46.9 Å². The summed E-state index contributed by atoms with van der Waals surface area (Å²) in [5, 5.41) is 19.0. The molecule has 0 radical (unpaired) electrons. The van der Waals surface area contributed by atoms with Crippen LogP contribution in [-0.4, -0.2) is 53.2 Å². The van der Waals surface area contributed by atoms with E-state index in [4.69, 9.17) is 16.0 Å². The fourth-order valence-electron chi connectivity index (χ4n) is 3.12. The number of anilines is 1. The van der Waals surface area contributed by atoms with Gasteiger partial charge < -0.3 is 14.2 Å². The lowest BCUT2D eigenvalue weighted by Gasteiger charge is -2.34. The zero-order valence-corrected chi connectivity index (χ0v) is 16.0. The Kier molecular flexibility index (Phi) is 4.97. The van der Waals surface area contributed by atoms with Crippen LogP contribution >= 0.6 is 11.6 Å². The summed E-state index contributed by atoms with van der Waals surface area (Å²) in [4.78, 5) is 15.0. The maximum Gasteiger partial charge on any atom is 0.287 e. The van der Waals surface area contributed by atoms with E-state index in [1.807, 2.05) is 24.3 Å². The number of nitrogens with zero attached hydrogens (tertiary/aromatic N) is 5. The molecule has 0 atom stereocenters. The van der Waals surface area contributed by atoms with Gasteiger partial charge in [0, 0.05) is 49.1 Å². The molecule has 0 amide bonds. The van der Waals surface area contributed by atoms with Crippen molar-refractivity contribution in [1.29, 1.82) is 0 Å². The quantitative estimate of drug-likeness (QED) is 0.488. The van der Waals surface area contributed by atoms with Crippen molar-refractivity contribution >= 4 is 23.0 Å². The van der Waals surface area contributed by atoms with E-state index in [1.54, 1.807) is 0 Å². The highest BCUT2D eigenvalue weighted by molar-refractivity contribution is 6.32. The fraction of sp³-hybridized carbons (Fsp3) is 0.263. The molecule has 4 rings (SSSR count). The smallest absolute Gasteiger partial charge is 0.287 e. The number of aromatic nitrogens is 2. The lowest BCUT2D eigenvalue weighted by atomic mass is 10.2. The van der Waals surface area contributed by atoms with Crippen LogP contribution in [0.25, 0.3) is 22.9 Å². The molecule has 2 aromatic carbocycles. The summed E-state index contributed by atoms with van der Waals surface area (Å²) in [6.07, 6.45) is 0. The van der Waals surface area contributed by atoms with Crippen molar-refractivity contribution in [2.24, 2.45) is 0 Å². The van der Waals surface area contributed by atoms with E-state index in [0.29, 0.717) is 11.5 Å². The number of nitro groups is 1. The molecule has 8 nitrogen and oxygen atoms in total. The van der Waals surface area contributed by atoms with Crippen molar-refractivity contribution in [3.05, 3.63) is 57.6 Å². The summed E-state index contributed by atoms with van der Waals surface area (Å²) in [5.41, 5.74) is 2.34. The molecule has 9 heteroatoms. The van der Waals surface area contributed by atoms with Crippen LogP contribution in [0.4, 0.5) is 11.4 Å². The van der Waals surface area contributed by atoms with Crippen molar-refractivity contribution in [1.82, 2.24) is 15.1 Å². The van der Waals surface area contributed by atoms with Crippen molar-refractivity contribution in [2.75, 3.05) is 38.1 Å². The molecule has 1 aromatic heterocycles. The first-order valence-electron chi connectivity index (χ1n) is 8.83. The molecule has 0 unspecified atom stereocenters. The van der Waals surface area contributed by atoms with E-state index in [1.165, 1.54) is 23.9 Å². The van der Waals surface area contributed by atoms with Gasteiger partial charge in [-0.05, 0) is 43.4 Å². The predicted molar refractivity (Wildman–Crippen MR) is 107 cm³/mol. The van der Waals surface area contributed by atoms with Crippen molar-refractivity contribution < 1.29 is 9.34 Å². The van der Waals surface area contributed by atoms with E-state index in [0.717, 1.165) is 31.7 Å². The van der Waals surface area contributed by atoms with E-state index in [2.05, 4.69) is 27.0 Å². The van der Waals surface area contributed by atoms with Gasteiger partial charge in [-0.25, -0.2) is 0 Å². The Labute approximate surface area is 166 Å². The van der Waals surface area contributed by atoms with E-state index >= 15 is 0 Å². The van der Waals surface area contributed by atoms with Crippen LogP contribution < -0.4 is 4.90 Å². The van der Waals surface area contributed by atoms with E-state index in [-0.39, 0.29) is 16.6 Å². The standard InChI is InChI=1S/C19H18ClN5O3/c1-23-8-10-24(11-9-23)15-5-2-13(3-6-15)18-21-22-19(28-18)14-4-7-17(25(26)27)16(20)12-14/h2-7,12H,8-11H2,1H3. The largest absolute Gasteiger partial charge is 0.416 e. The summed E-state index contributed by atoms with van der Waals surface area (Å²) < 4.78 is 5.74. The van der Waals surface area contributed by atoms with Gasteiger partial charge in [-0.3, -0.25) is 10.1 Å². The van der Waals surface area contributed by atoms with Crippen LogP contribution in [0.3, 0.4) is 0 Å². The van der Waals surface area contributed by atoms with Gasteiger partial charge in [-0.2, -0.15) is 0 Å². The zero-order valence-electron chi connectivity index (χ0n) is 15.2. The molecule has 3 aromatic rings. The molecule has 1 aliphatic heterocycles. The Balaban J connectivity index is 1.53. The second-order valence-electron chi connectivity index (χ2n) is 6.67. The van der Waals surface area contributed by atoms with Gasteiger partial charge in [-0.1, -0.05) is 11.6 Å². The molecule has 1 aliphatic rings. The predicted octanol–water partition coefficient (Wildman–Crippen LogP) is 3.72. The lowest BCUT2D eigenvalue weighted by molar-refractivity contribution is -0.384. The molecule has 0 spiro atoms. The molecule has 144 valence electrons. The average molecular weight is 400 g/mol. The van der Waals surface area contributed by atoms with Crippen LogP contribution in [0.5, 0.6) is 0 Å². The van der Waals surface area contributed by atoms with Crippen molar-refractivity contribution in [2.45, 2.75) is 0 Å². The SMILES string of the molecule is CN1CCN(c2ccc(-c3nnc(-c4ccc([N+](=O)[O-])c(Cl)c4)o3)cc2)CC1. The van der Waals surface area contributed by atoms with Crippen LogP contribution in [0.1, 0.15) is 0 Å². The van der Waals surface area contributed by atoms with Gasteiger partial charge >= 0.3 is 0 Å². The summed E-state index contributed by atoms with van der Waals surface area (Å²) in [6.45, 7) is 4.10. The van der Waals surface area contributed by atoms with E-state index in [9.17, 15) is 10.1 Å². The van der Waals surface area contributed by atoms with Gasteiger partial charge in [0.2, 0.25) is 11.8 Å². The molecule has 0 aliphatic carbocycles. The maximum atomic E-state index is 10.9. The minimum atomic E-state index is -0.534. The molecular formula is C19H18ClN5O3. The number of nitro benzene ring substituents is 1. The number of likely N-dealkylation sites (N-methyl/N-ethyl adjacent to an activating group) is 1. The van der Waals surface area contributed by atoms with E-state index < -0.39 is 4.92 Å². The number of rotatable bonds is 4. The third kappa shape index (κ3) is 3.69. The first-order valence-corrected chi connectivity index (χ1v) is 9.21.